The van der Waals surface area contributed by atoms with E-state index in [1.165, 1.54) is 13.3 Å². The van der Waals surface area contributed by atoms with Crippen LogP contribution in [0.3, 0.4) is 0 Å². The second-order valence-electron chi connectivity index (χ2n) is 4.94. The van der Waals surface area contributed by atoms with Crippen molar-refractivity contribution in [3.8, 4) is 5.88 Å². The first-order chi connectivity index (χ1) is 9.56. The van der Waals surface area contributed by atoms with E-state index < -0.39 is 23.3 Å². The number of methoxy groups -OCH3 is 1. The highest BCUT2D eigenvalue weighted by molar-refractivity contribution is 6.20. The molecule has 0 bridgehead atoms. The molecule has 2 heterocycles. The van der Waals surface area contributed by atoms with Crippen LogP contribution in [0, 0.1) is 5.41 Å². The molecular formula is C13H13N3O4. The minimum atomic E-state index is -1.01. The van der Waals surface area contributed by atoms with E-state index in [-0.39, 0.29) is 6.54 Å². The largest absolute Gasteiger partial charge is 0.481 e. The summed E-state index contributed by atoms with van der Waals surface area (Å²) in [6, 6.07) is 2.70. The van der Waals surface area contributed by atoms with Crippen molar-refractivity contribution in [2.45, 2.75) is 19.4 Å². The van der Waals surface area contributed by atoms with E-state index in [1.807, 2.05) is 0 Å². The molecule has 1 spiro atoms. The number of nitrogens with zero attached hydrogens (tertiary/aromatic N) is 2. The molecule has 20 heavy (non-hydrogen) atoms. The molecule has 0 unspecified atom stereocenters. The molecular weight excluding hydrogens is 262 g/mol. The lowest BCUT2D eigenvalue weighted by Crippen LogP contribution is -2.58. The van der Waals surface area contributed by atoms with Crippen molar-refractivity contribution in [1.29, 1.82) is 0 Å². The molecule has 2 aliphatic rings. The minimum absolute atomic E-state index is 0.0939. The molecule has 1 N–H and O–H groups in total. The Bertz CT molecular complexity index is 592. The van der Waals surface area contributed by atoms with E-state index in [9.17, 15) is 14.4 Å². The number of ether oxygens (including phenoxy) is 1. The van der Waals surface area contributed by atoms with Crippen LogP contribution < -0.4 is 10.1 Å². The number of urea groups is 1. The predicted octanol–water partition coefficient (Wildman–Crippen LogP) is 0.449. The van der Waals surface area contributed by atoms with Crippen LogP contribution in [-0.4, -0.2) is 34.8 Å². The normalized spacial score (nSPS) is 20.1. The van der Waals surface area contributed by atoms with Crippen LogP contribution in [0.5, 0.6) is 5.88 Å². The van der Waals surface area contributed by atoms with Gasteiger partial charge in [-0.15, -0.1) is 0 Å². The van der Waals surface area contributed by atoms with Crippen molar-refractivity contribution in [3.63, 3.8) is 0 Å². The fourth-order valence-corrected chi connectivity index (χ4v) is 2.25. The third-order valence-electron chi connectivity index (χ3n) is 3.65. The number of pyridine rings is 1. The molecule has 1 aromatic heterocycles. The highest BCUT2D eigenvalue weighted by Gasteiger charge is 2.62. The number of hydrogen-bond donors (Lipinski definition) is 1. The van der Waals surface area contributed by atoms with E-state index in [0.717, 1.165) is 4.90 Å². The van der Waals surface area contributed by atoms with Crippen LogP contribution in [-0.2, 0) is 16.1 Å². The maximum Gasteiger partial charge on any atom is 0.331 e. The Hall–Kier alpha value is -2.44. The number of barbiturate groups is 1. The molecule has 1 saturated carbocycles. The molecule has 4 amide bonds. The summed E-state index contributed by atoms with van der Waals surface area (Å²) in [6.07, 6.45) is 2.54. The molecule has 7 nitrogen and oxygen atoms in total. The van der Waals surface area contributed by atoms with Crippen LogP contribution in [0.1, 0.15) is 18.4 Å². The molecule has 1 aliphatic heterocycles. The standard InChI is InChI=1S/C13H13N3O4/c1-20-9-3-2-8(6-14-9)7-16-11(18)13(4-5-13)10(17)15-12(16)19/h2-3,6H,4-5,7H2,1H3,(H,15,17,19). The molecule has 0 radical (unpaired) electrons. The molecule has 7 heteroatoms. The summed E-state index contributed by atoms with van der Waals surface area (Å²) in [7, 11) is 1.51. The Morgan fingerprint density at radius 1 is 1.35 bits per heavy atom. The van der Waals surface area contributed by atoms with Gasteiger partial charge >= 0.3 is 6.03 Å². The van der Waals surface area contributed by atoms with Crippen molar-refractivity contribution in [1.82, 2.24) is 15.2 Å². The van der Waals surface area contributed by atoms with Gasteiger partial charge in [0.05, 0.1) is 13.7 Å². The molecule has 1 aromatic rings. The number of amides is 4. The van der Waals surface area contributed by atoms with Gasteiger partial charge in [-0.3, -0.25) is 19.8 Å². The van der Waals surface area contributed by atoms with Gasteiger partial charge in [-0.2, -0.15) is 0 Å². The number of carbonyl (C=O) groups excluding carboxylic acids is 3. The van der Waals surface area contributed by atoms with Crippen LogP contribution in [0.15, 0.2) is 18.3 Å². The van der Waals surface area contributed by atoms with Gasteiger partial charge in [-0.1, -0.05) is 6.07 Å². The van der Waals surface area contributed by atoms with E-state index in [4.69, 9.17) is 4.74 Å². The molecule has 0 atom stereocenters. The highest BCUT2D eigenvalue weighted by atomic mass is 16.5. The van der Waals surface area contributed by atoms with Crippen LogP contribution >= 0.6 is 0 Å². The second-order valence-corrected chi connectivity index (χ2v) is 4.94. The van der Waals surface area contributed by atoms with E-state index in [2.05, 4.69) is 10.3 Å². The van der Waals surface area contributed by atoms with Crippen LogP contribution in [0.25, 0.3) is 0 Å². The predicted molar refractivity (Wildman–Crippen MR) is 66.5 cm³/mol. The van der Waals surface area contributed by atoms with Gasteiger partial charge in [0, 0.05) is 12.3 Å². The van der Waals surface area contributed by atoms with Crippen LogP contribution in [0.4, 0.5) is 4.79 Å². The van der Waals surface area contributed by atoms with Gasteiger partial charge in [-0.05, 0) is 18.4 Å². The first-order valence-corrected chi connectivity index (χ1v) is 6.23. The van der Waals surface area contributed by atoms with Crippen molar-refractivity contribution in [2.75, 3.05) is 7.11 Å². The Morgan fingerprint density at radius 2 is 2.10 bits per heavy atom. The number of nitrogens with one attached hydrogen (secondary N) is 1. The third-order valence-corrected chi connectivity index (χ3v) is 3.65. The summed E-state index contributed by atoms with van der Waals surface area (Å²) in [6.45, 7) is 0.0939. The fourth-order valence-electron chi connectivity index (χ4n) is 2.25. The average molecular weight is 275 g/mol. The summed E-state index contributed by atoms with van der Waals surface area (Å²) >= 11 is 0. The maximum atomic E-state index is 12.3. The van der Waals surface area contributed by atoms with Gasteiger partial charge in [-0.25, -0.2) is 9.78 Å². The summed E-state index contributed by atoms with van der Waals surface area (Å²) in [5.74, 6) is -0.435. The zero-order valence-corrected chi connectivity index (χ0v) is 10.9. The number of hydrogen-bond acceptors (Lipinski definition) is 5. The molecule has 104 valence electrons. The monoisotopic (exact) mass is 275 g/mol. The van der Waals surface area contributed by atoms with Crippen LogP contribution in [0.2, 0.25) is 0 Å². The average Bonchev–Trinajstić information content (AvgIpc) is 3.24. The van der Waals surface area contributed by atoms with Crippen molar-refractivity contribution in [3.05, 3.63) is 23.9 Å². The second kappa shape index (κ2) is 4.29. The number of imide groups is 2. The SMILES string of the molecule is COc1ccc(CN2C(=O)NC(=O)C3(CC3)C2=O)cn1. The number of aromatic nitrogens is 1. The minimum Gasteiger partial charge on any atom is -0.481 e. The summed E-state index contributed by atoms with van der Waals surface area (Å²) in [5.41, 5.74) is -0.312. The van der Waals surface area contributed by atoms with Gasteiger partial charge in [0.1, 0.15) is 5.41 Å². The Kier molecular flexibility index (Phi) is 2.70. The molecule has 3 rings (SSSR count). The smallest absolute Gasteiger partial charge is 0.331 e. The topological polar surface area (TPSA) is 88.6 Å². The van der Waals surface area contributed by atoms with Gasteiger partial charge in [0.2, 0.25) is 17.7 Å². The Balaban J connectivity index is 1.80. The van der Waals surface area contributed by atoms with Gasteiger partial charge < -0.3 is 4.74 Å². The first-order valence-electron chi connectivity index (χ1n) is 6.23. The van der Waals surface area contributed by atoms with E-state index in [0.29, 0.717) is 24.3 Å². The van der Waals surface area contributed by atoms with Crippen molar-refractivity contribution in [2.24, 2.45) is 5.41 Å². The molecule has 1 saturated heterocycles. The Labute approximate surface area is 114 Å². The third kappa shape index (κ3) is 1.82. The summed E-state index contributed by atoms with van der Waals surface area (Å²) < 4.78 is 4.94. The van der Waals surface area contributed by atoms with E-state index >= 15 is 0 Å². The zero-order valence-electron chi connectivity index (χ0n) is 10.9. The number of rotatable bonds is 3. The molecule has 2 fully saturated rings. The van der Waals surface area contributed by atoms with E-state index in [1.54, 1.807) is 12.1 Å². The van der Waals surface area contributed by atoms with Gasteiger partial charge in [0.25, 0.3) is 0 Å². The Morgan fingerprint density at radius 3 is 2.65 bits per heavy atom. The fraction of sp³-hybridized carbons (Fsp3) is 0.385. The molecule has 0 aromatic carbocycles. The zero-order chi connectivity index (χ0) is 14.3. The summed E-state index contributed by atoms with van der Waals surface area (Å²) in [4.78, 5) is 40.8. The van der Waals surface area contributed by atoms with Crippen molar-refractivity contribution >= 4 is 17.8 Å². The summed E-state index contributed by atoms with van der Waals surface area (Å²) in [5, 5.41) is 2.24. The first kappa shape index (κ1) is 12.6. The quantitative estimate of drug-likeness (QED) is 0.809. The molecule has 1 aliphatic carbocycles. The maximum absolute atomic E-state index is 12.3. The van der Waals surface area contributed by atoms with Crippen molar-refractivity contribution < 1.29 is 19.1 Å². The highest BCUT2D eigenvalue weighted by Crippen LogP contribution is 2.49. The lowest BCUT2D eigenvalue weighted by atomic mass is 10.0. The number of carbonyl (C=O) groups is 3. The van der Waals surface area contributed by atoms with Gasteiger partial charge in [0.15, 0.2) is 0 Å². The lowest BCUT2D eigenvalue weighted by Gasteiger charge is -2.30. The lowest BCUT2D eigenvalue weighted by molar-refractivity contribution is -0.145.